The number of ether oxygens (including phenoxy) is 2. The van der Waals surface area contributed by atoms with Crippen LogP contribution in [-0.2, 0) is 6.61 Å². The minimum absolute atomic E-state index is 0.223. The summed E-state index contributed by atoms with van der Waals surface area (Å²) in [6, 6.07) is 14.9. The minimum atomic E-state index is -0.298. The first-order chi connectivity index (χ1) is 13.1. The van der Waals surface area contributed by atoms with Crippen molar-refractivity contribution in [1.29, 1.82) is 0 Å². The fraction of sp³-hybridized carbons (Fsp3) is 0.158. The van der Waals surface area contributed by atoms with E-state index in [1.807, 2.05) is 49.4 Å². The van der Waals surface area contributed by atoms with Gasteiger partial charge in [-0.25, -0.2) is 0 Å². The van der Waals surface area contributed by atoms with Crippen LogP contribution >= 0.6 is 11.3 Å². The van der Waals surface area contributed by atoms with Crippen LogP contribution in [-0.4, -0.2) is 26.9 Å². The Hall–Kier alpha value is -3.26. The summed E-state index contributed by atoms with van der Waals surface area (Å²) in [5.41, 5.74) is 1.80. The molecule has 4 aromatic rings. The average Bonchev–Trinajstić information content (AvgIpc) is 3.12. The van der Waals surface area contributed by atoms with Crippen molar-refractivity contribution in [2.75, 3.05) is 7.11 Å². The number of rotatable bonds is 5. The van der Waals surface area contributed by atoms with E-state index >= 15 is 0 Å². The Morgan fingerprint density at radius 1 is 1.07 bits per heavy atom. The number of fused-ring (bicyclic) bond motifs is 1. The van der Waals surface area contributed by atoms with Crippen molar-refractivity contribution < 1.29 is 9.47 Å². The summed E-state index contributed by atoms with van der Waals surface area (Å²) in [6.45, 7) is 2.21. The zero-order valence-corrected chi connectivity index (χ0v) is 15.6. The highest BCUT2D eigenvalue weighted by Crippen LogP contribution is 2.21. The van der Waals surface area contributed by atoms with E-state index < -0.39 is 0 Å². The molecule has 0 spiro atoms. The van der Waals surface area contributed by atoms with Crippen LogP contribution < -0.4 is 15.0 Å². The van der Waals surface area contributed by atoms with Gasteiger partial charge in [0.05, 0.1) is 7.11 Å². The topological polar surface area (TPSA) is 78.6 Å². The van der Waals surface area contributed by atoms with Gasteiger partial charge in [-0.05, 0) is 19.1 Å². The Morgan fingerprint density at radius 3 is 2.63 bits per heavy atom. The van der Waals surface area contributed by atoms with Gasteiger partial charge in [0.1, 0.15) is 18.1 Å². The summed E-state index contributed by atoms with van der Waals surface area (Å²) >= 11 is 1.27. The molecule has 0 atom stereocenters. The number of benzene rings is 2. The number of methoxy groups -OCH3 is 1. The molecule has 2 heterocycles. The van der Waals surface area contributed by atoms with Gasteiger partial charge in [-0.2, -0.15) is 9.61 Å². The van der Waals surface area contributed by atoms with Crippen molar-refractivity contribution in [3.05, 3.63) is 69.5 Å². The lowest BCUT2D eigenvalue weighted by molar-refractivity contribution is 0.301. The van der Waals surface area contributed by atoms with Crippen LogP contribution in [0.3, 0.4) is 0 Å². The largest absolute Gasteiger partial charge is 0.497 e. The summed E-state index contributed by atoms with van der Waals surface area (Å²) in [4.78, 5) is 13.2. The predicted octanol–water partition coefficient (Wildman–Crippen LogP) is 3.11. The third kappa shape index (κ3) is 3.52. The van der Waals surface area contributed by atoms with E-state index in [1.54, 1.807) is 13.2 Å². The molecule has 7 nitrogen and oxygen atoms in total. The fourth-order valence-corrected chi connectivity index (χ4v) is 3.28. The second-order valence-electron chi connectivity index (χ2n) is 5.88. The molecule has 27 heavy (non-hydrogen) atoms. The van der Waals surface area contributed by atoms with E-state index in [4.69, 9.17) is 9.47 Å². The number of hydrogen-bond donors (Lipinski definition) is 0. The second-order valence-corrected chi connectivity index (χ2v) is 6.92. The average molecular weight is 380 g/mol. The van der Waals surface area contributed by atoms with Crippen LogP contribution in [0.2, 0.25) is 0 Å². The number of hydrogen-bond acceptors (Lipinski definition) is 7. The minimum Gasteiger partial charge on any atom is -0.497 e. The Balaban J connectivity index is 1.61. The highest BCUT2D eigenvalue weighted by Gasteiger charge is 2.14. The molecule has 8 heteroatoms. The Labute approximate surface area is 158 Å². The smallest absolute Gasteiger partial charge is 0.302 e. The van der Waals surface area contributed by atoms with E-state index in [1.165, 1.54) is 15.9 Å². The van der Waals surface area contributed by atoms with Gasteiger partial charge in [0.25, 0.3) is 0 Å². The Bertz CT molecular complexity index is 1150. The number of aryl methyl sites for hydroxylation is 1. The first-order valence-electron chi connectivity index (χ1n) is 8.23. The van der Waals surface area contributed by atoms with Crippen LogP contribution in [0.25, 0.3) is 16.2 Å². The van der Waals surface area contributed by atoms with Crippen molar-refractivity contribution in [2.24, 2.45) is 0 Å². The number of nitrogens with zero attached hydrogens (tertiary/aromatic N) is 4. The maximum absolute atomic E-state index is 12.7. The molecule has 0 amide bonds. The van der Waals surface area contributed by atoms with E-state index in [2.05, 4.69) is 15.3 Å². The predicted molar refractivity (Wildman–Crippen MR) is 102 cm³/mol. The lowest BCUT2D eigenvalue weighted by atomic mass is 10.1. The monoisotopic (exact) mass is 380 g/mol. The first kappa shape index (κ1) is 17.2. The summed E-state index contributed by atoms with van der Waals surface area (Å²) < 4.78 is 12.2. The summed E-state index contributed by atoms with van der Waals surface area (Å²) in [6.07, 6.45) is 0. The molecule has 0 bridgehead atoms. The van der Waals surface area contributed by atoms with Gasteiger partial charge in [0.15, 0.2) is 10.7 Å². The molecular formula is C19H16N4O3S. The van der Waals surface area contributed by atoms with Gasteiger partial charge < -0.3 is 9.47 Å². The van der Waals surface area contributed by atoms with Crippen molar-refractivity contribution in [1.82, 2.24) is 19.8 Å². The van der Waals surface area contributed by atoms with E-state index in [-0.39, 0.29) is 17.9 Å². The Kier molecular flexibility index (Phi) is 4.55. The molecule has 0 unspecified atom stereocenters. The second kappa shape index (κ2) is 7.16. The Morgan fingerprint density at radius 2 is 1.85 bits per heavy atom. The van der Waals surface area contributed by atoms with Crippen LogP contribution in [0.1, 0.15) is 10.6 Å². The lowest BCUT2D eigenvalue weighted by Gasteiger charge is -2.05. The normalized spacial score (nSPS) is 10.9. The molecule has 0 N–H and O–H groups in total. The van der Waals surface area contributed by atoms with E-state index in [0.717, 1.165) is 11.1 Å². The third-order valence-electron chi connectivity index (χ3n) is 3.96. The molecule has 0 saturated heterocycles. The van der Waals surface area contributed by atoms with Crippen molar-refractivity contribution in [3.8, 4) is 22.8 Å². The number of aromatic nitrogens is 4. The molecule has 0 aliphatic rings. The summed E-state index contributed by atoms with van der Waals surface area (Å²) in [7, 11) is 1.60. The lowest BCUT2D eigenvalue weighted by Crippen LogP contribution is -2.19. The molecule has 0 saturated carbocycles. The van der Waals surface area contributed by atoms with Crippen molar-refractivity contribution in [3.63, 3.8) is 0 Å². The standard InChI is InChI=1S/C19H16N4O3S/c1-12-6-8-13(9-7-12)17-18(24)23-19(21-20-17)27-16(22-23)11-26-15-5-3-4-14(10-15)25-2/h3-10H,11H2,1-2H3. The molecule has 0 aliphatic heterocycles. The van der Waals surface area contributed by atoms with Gasteiger partial charge in [-0.15, -0.1) is 10.2 Å². The van der Waals surface area contributed by atoms with Gasteiger partial charge in [0, 0.05) is 11.6 Å². The highest BCUT2D eigenvalue weighted by molar-refractivity contribution is 7.16. The molecule has 2 aromatic heterocycles. The zero-order chi connectivity index (χ0) is 18.8. The quantitative estimate of drug-likeness (QED) is 0.529. The maximum Gasteiger partial charge on any atom is 0.302 e. The molecule has 2 aromatic carbocycles. The zero-order valence-electron chi connectivity index (χ0n) is 14.7. The SMILES string of the molecule is COc1cccc(OCc2nn3c(=O)c(-c4ccc(C)cc4)nnc3s2)c1. The van der Waals surface area contributed by atoms with E-state index in [0.29, 0.717) is 21.5 Å². The molecule has 0 fully saturated rings. The van der Waals surface area contributed by atoms with Crippen LogP contribution in [0.4, 0.5) is 0 Å². The maximum atomic E-state index is 12.7. The van der Waals surface area contributed by atoms with Gasteiger partial charge in [-0.3, -0.25) is 4.79 Å². The van der Waals surface area contributed by atoms with Crippen LogP contribution in [0, 0.1) is 6.92 Å². The third-order valence-corrected chi connectivity index (χ3v) is 4.83. The van der Waals surface area contributed by atoms with Gasteiger partial charge >= 0.3 is 5.56 Å². The first-order valence-corrected chi connectivity index (χ1v) is 9.05. The van der Waals surface area contributed by atoms with Gasteiger partial charge in [0.2, 0.25) is 4.96 Å². The van der Waals surface area contributed by atoms with E-state index in [9.17, 15) is 4.79 Å². The molecule has 4 rings (SSSR count). The fourth-order valence-electron chi connectivity index (χ4n) is 2.54. The highest BCUT2D eigenvalue weighted by atomic mass is 32.1. The van der Waals surface area contributed by atoms with Crippen LogP contribution in [0.15, 0.2) is 53.3 Å². The van der Waals surface area contributed by atoms with Gasteiger partial charge in [-0.1, -0.05) is 47.2 Å². The molecule has 0 aliphatic carbocycles. The molecule has 0 radical (unpaired) electrons. The summed E-state index contributed by atoms with van der Waals surface area (Å²) in [5, 5.41) is 13.2. The van der Waals surface area contributed by atoms with Crippen LogP contribution in [0.5, 0.6) is 11.5 Å². The van der Waals surface area contributed by atoms with Crippen molar-refractivity contribution >= 4 is 16.3 Å². The van der Waals surface area contributed by atoms with Crippen molar-refractivity contribution in [2.45, 2.75) is 13.5 Å². The molecule has 136 valence electrons. The summed E-state index contributed by atoms with van der Waals surface area (Å²) in [5.74, 6) is 1.37. The molecular weight excluding hydrogens is 364 g/mol.